The van der Waals surface area contributed by atoms with Crippen LogP contribution in [0.4, 0.5) is 0 Å². The lowest BCUT2D eigenvalue weighted by Gasteiger charge is -2.36. The smallest absolute Gasteiger partial charge is 0.246 e. The SMILES string of the molecule is Cc1[nH]ncc1S(=O)(=O)N1CC(C)NCC1C.Cl. The van der Waals surface area contributed by atoms with E-state index >= 15 is 0 Å². The van der Waals surface area contributed by atoms with E-state index in [9.17, 15) is 8.42 Å². The molecule has 8 heteroatoms. The summed E-state index contributed by atoms with van der Waals surface area (Å²) in [5.74, 6) is 0. The van der Waals surface area contributed by atoms with Gasteiger partial charge in [0.2, 0.25) is 10.0 Å². The van der Waals surface area contributed by atoms with Gasteiger partial charge < -0.3 is 5.32 Å². The van der Waals surface area contributed by atoms with Gasteiger partial charge in [0.15, 0.2) is 0 Å². The Labute approximate surface area is 114 Å². The summed E-state index contributed by atoms with van der Waals surface area (Å²) >= 11 is 0. The molecule has 104 valence electrons. The molecule has 2 atom stereocenters. The second-order valence-electron chi connectivity index (χ2n) is 4.59. The second-order valence-corrected chi connectivity index (χ2v) is 6.45. The van der Waals surface area contributed by atoms with E-state index in [1.807, 2.05) is 13.8 Å². The number of piperazine rings is 1. The third kappa shape index (κ3) is 2.69. The van der Waals surface area contributed by atoms with E-state index in [4.69, 9.17) is 0 Å². The summed E-state index contributed by atoms with van der Waals surface area (Å²) in [7, 11) is -3.43. The average Bonchev–Trinajstić information content (AvgIpc) is 2.68. The summed E-state index contributed by atoms with van der Waals surface area (Å²) < 4.78 is 26.5. The molecule has 18 heavy (non-hydrogen) atoms. The van der Waals surface area contributed by atoms with Gasteiger partial charge in [0.25, 0.3) is 0 Å². The molecule has 0 aliphatic carbocycles. The number of aromatic amines is 1. The van der Waals surface area contributed by atoms with Crippen LogP contribution < -0.4 is 5.32 Å². The summed E-state index contributed by atoms with van der Waals surface area (Å²) in [6.45, 7) is 6.78. The maximum Gasteiger partial charge on any atom is 0.246 e. The zero-order valence-corrected chi connectivity index (χ0v) is 12.3. The Kier molecular flexibility index (Phi) is 4.77. The topological polar surface area (TPSA) is 78.1 Å². The van der Waals surface area contributed by atoms with Gasteiger partial charge in [-0.25, -0.2) is 8.42 Å². The number of aromatic nitrogens is 2. The third-order valence-corrected chi connectivity index (χ3v) is 5.17. The van der Waals surface area contributed by atoms with Crippen molar-refractivity contribution in [3.8, 4) is 0 Å². The number of nitrogens with one attached hydrogen (secondary N) is 2. The highest BCUT2D eigenvalue weighted by atomic mass is 35.5. The van der Waals surface area contributed by atoms with Crippen LogP contribution in [0.25, 0.3) is 0 Å². The Morgan fingerprint density at radius 2 is 2.11 bits per heavy atom. The van der Waals surface area contributed by atoms with Gasteiger partial charge in [-0.05, 0) is 20.8 Å². The molecule has 0 bridgehead atoms. The predicted octanol–water partition coefficient (Wildman–Crippen LogP) is 0.511. The molecule has 0 spiro atoms. The van der Waals surface area contributed by atoms with Crippen LogP contribution in [0.1, 0.15) is 19.5 Å². The molecule has 1 aromatic rings. The first-order valence-electron chi connectivity index (χ1n) is 5.68. The van der Waals surface area contributed by atoms with Gasteiger partial charge in [0.05, 0.1) is 11.9 Å². The summed E-state index contributed by atoms with van der Waals surface area (Å²) in [6.07, 6.45) is 1.38. The van der Waals surface area contributed by atoms with Crippen molar-refractivity contribution in [1.82, 2.24) is 19.8 Å². The van der Waals surface area contributed by atoms with Crippen molar-refractivity contribution in [2.75, 3.05) is 13.1 Å². The minimum absolute atomic E-state index is 0. The first-order chi connectivity index (χ1) is 7.93. The maximum absolute atomic E-state index is 12.5. The molecule has 2 rings (SSSR count). The molecule has 6 nitrogen and oxygen atoms in total. The van der Waals surface area contributed by atoms with Gasteiger partial charge in [-0.3, -0.25) is 5.10 Å². The monoisotopic (exact) mass is 294 g/mol. The van der Waals surface area contributed by atoms with Crippen molar-refractivity contribution in [2.24, 2.45) is 0 Å². The van der Waals surface area contributed by atoms with Crippen molar-refractivity contribution < 1.29 is 8.42 Å². The van der Waals surface area contributed by atoms with Gasteiger partial charge in [-0.1, -0.05) is 0 Å². The fourth-order valence-electron chi connectivity index (χ4n) is 2.05. The van der Waals surface area contributed by atoms with E-state index in [1.54, 1.807) is 11.2 Å². The summed E-state index contributed by atoms with van der Waals surface area (Å²) in [5, 5.41) is 9.71. The number of aryl methyl sites for hydroxylation is 1. The van der Waals surface area contributed by atoms with E-state index in [0.717, 1.165) is 0 Å². The molecule has 0 aromatic carbocycles. The number of halogens is 1. The molecule has 2 unspecified atom stereocenters. The first kappa shape index (κ1) is 15.4. The van der Waals surface area contributed by atoms with Gasteiger partial charge in [-0.2, -0.15) is 9.40 Å². The van der Waals surface area contributed by atoms with Gasteiger partial charge in [0, 0.05) is 25.2 Å². The van der Waals surface area contributed by atoms with Gasteiger partial charge >= 0.3 is 0 Å². The van der Waals surface area contributed by atoms with E-state index < -0.39 is 10.0 Å². The number of sulfonamides is 1. The minimum atomic E-state index is -3.43. The molecular weight excluding hydrogens is 276 g/mol. The Morgan fingerprint density at radius 3 is 2.67 bits per heavy atom. The Morgan fingerprint density at radius 1 is 1.44 bits per heavy atom. The maximum atomic E-state index is 12.5. The molecule has 0 saturated carbocycles. The Balaban J connectivity index is 0.00000162. The minimum Gasteiger partial charge on any atom is -0.311 e. The van der Waals surface area contributed by atoms with Crippen molar-refractivity contribution in [3.63, 3.8) is 0 Å². The lowest BCUT2D eigenvalue weighted by atomic mass is 10.2. The number of rotatable bonds is 2. The molecule has 2 N–H and O–H groups in total. The fraction of sp³-hybridized carbons (Fsp3) is 0.700. The van der Waals surface area contributed by atoms with Crippen LogP contribution in [0.5, 0.6) is 0 Å². The van der Waals surface area contributed by atoms with E-state index in [-0.39, 0.29) is 29.4 Å². The molecular formula is C10H19ClN4O2S. The summed E-state index contributed by atoms with van der Waals surface area (Å²) in [6, 6.07) is 0.138. The van der Waals surface area contributed by atoms with E-state index in [2.05, 4.69) is 15.5 Å². The van der Waals surface area contributed by atoms with Gasteiger partial charge in [-0.15, -0.1) is 12.4 Å². The van der Waals surface area contributed by atoms with Crippen LogP contribution in [-0.2, 0) is 10.0 Å². The Bertz CT molecular complexity index is 502. The molecule has 2 heterocycles. The fourth-order valence-corrected chi connectivity index (χ4v) is 3.89. The largest absolute Gasteiger partial charge is 0.311 e. The molecule has 1 aromatic heterocycles. The van der Waals surface area contributed by atoms with E-state index in [0.29, 0.717) is 18.8 Å². The summed E-state index contributed by atoms with van der Waals surface area (Å²) in [5.41, 5.74) is 0.586. The van der Waals surface area contributed by atoms with Crippen molar-refractivity contribution in [1.29, 1.82) is 0 Å². The number of hydrogen-bond acceptors (Lipinski definition) is 4. The van der Waals surface area contributed by atoms with Crippen molar-refractivity contribution >= 4 is 22.4 Å². The van der Waals surface area contributed by atoms with Crippen LogP contribution in [0.3, 0.4) is 0 Å². The molecule has 0 amide bonds. The molecule has 1 saturated heterocycles. The lowest BCUT2D eigenvalue weighted by molar-refractivity contribution is 0.244. The Hall–Kier alpha value is -0.630. The number of H-pyrrole nitrogens is 1. The quantitative estimate of drug-likeness (QED) is 0.833. The van der Waals surface area contributed by atoms with Crippen LogP contribution in [0.15, 0.2) is 11.1 Å². The first-order valence-corrected chi connectivity index (χ1v) is 7.12. The van der Waals surface area contributed by atoms with Crippen LogP contribution >= 0.6 is 12.4 Å². The predicted molar refractivity (Wildman–Crippen MR) is 71.4 cm³/mol. The highest BCUT2D eigenvalue weighted by Gasteiger charge is 2.34. The van der Waals surface area contributed by atoms with E-state index in [1.165, 1.54) is 6.20 Å². The number of nitrogens with zero attached hydrogens (tertiary/aromatic N) is 2. The van der Waals surface area contributed by atoms with Crippen LogP contribution in [0.2, 0.25) is 0 Å². The normalized spacial score (nSPS) is 25.7. The highest BCUT2D eigenvalue weighted by molar-refractivity contribution is 7.89. The zero-order chi connectivity index (χ0) is 12.6. The lowest BCUT2D eigenvalue weighted by Crippen LogP contribution is -2.56. The van der Waals surface area contributed by atoms with Crippen molar-refractivity contribution in [2.45, 2.75) is 37.8 Å². The third-order valence-electron chi connectivity index (χ3n) is 3.08. The standard InChI is InChI=1S/C10H18N4O2S.ClH/c1-7-6-14(8(2)4-11-7)17(15,16)10-5-12-13-9(10)3;/h5,7-8,11H,4,6H2,1-3H3,(H,12,13);1H. The number of hydrogen-bond donors (Lipinski definition) is 2. The molecule has 0 radical (unpaired) electrons. The highest BCUT2D eigenvalue weighted by Crippen LogP contribution is 2.21. The van der Waals surface area contributed by atoms with Crippen molar-refractivity contribution in [3.05, 3.63) is 11.9 Å². The zero-order valence-electron chi connectivity index (χ0n) is 10.7. The molecule has 1 fully saturated rings. The second kappa shape index (κ2) is 5.56. The average molecular weight is 295 g/mol. The molecule has 1 aliphatic rings. The summed E-state index contributed by atoms with van der Waals surface area (Å²) in [4.78, 5) is 0.276. The van der Waals surface area contributed by atoms with Crippen LogP contribution in [-0.4, -0.2) is 48.1 Å². The van der Waals surface area contributed by atoms with Crippen LogP contribution in [0, 0.1) is 6.92 Å². The molecule has 1 aliphatic heterocycles. The van der Waals surface area contributed by atoms with Gasteiger partial charge in [0.1, 0.15) is 4.90 Å².